The van der Waals surface area contributed by atoms with Gasteiger partial charge in [0.25, 0.3) is 0 Å². The number of nitrogens with zero attached hydrogens (tertiary/aromatic N) is 3. The number of aliphatic hydroxyl groups excluding tert-OH is 1. The molecule has 0 saturated carbocycles. The number of hydrogen-bond acceptors (Lipinski definition) is 6. The Hall–Kier alpha value is -2.65. The molecule has 8 heteroatoms. The quantitative estimate of drug-likeness (QED) is 0.582. The van der Waals surface area contributed by atoms with Crippen LogP contribution >= 0.6 is 0 Å². The highest BCUT2D eigenvalue weighted by Gasteiger charge is 2.51. The van der Waals surface area contributed by atoms with Gasteiger partial charge >= 0.3 is 6.03 Å². The fourth-order valence-corrected chi connectivity index (χ4v) is 5.57. The van der Waals surface area contributed by atoms with Crippen molar-refractivity contribution in [1.29, 1.82) is 0 Å². The summed E-state index contributed by atoms with van der Waals surface area (Å²) in [5, 5.41) is 9.37. The van der Waals surface area contributed by atoms with Gasteiger partial charge in [-0.1, -0.05) is 24.3 Å². The zero-order valence-corrected chi connectivity index (χ0v) is 19.9. The molecule has 34 heavy (non-hydrogen) atoms. The van der Waals surface area contributed by atoms with E-state index in [2.05, 4.69) is 51.0 Å². The number of β-amino-alcohol motifs (C(OH)–C–C–N with tert-alkyl or cyclic N) is 1. The lowest BCUT2D eigenvalue weighted by Crippen LogP contribution is -2.54. The monoisotopic (exact) mass is 465 g/mol. The smallest absolute Gasteiger partial charge is 0.325 e. The van der Waals surface area contributed by atoms with Crippen LogP contribution in [0.2, 0.25) is 0 Å². The van der Waals surface area contributed by atoms with Gasteiger partial charge in [0.05, 0.1) is 25.8 Å². The fraction of sp³-hybridized carbons (Fsp3) is 0.500. The first-order valence-corrected chi connectivity index (χ1v) is 12.2. The third-order valence-electron chi connectivity index (χ3n) is 7.66. The minimum Gasteiger partial charge on any atom is -0.497 e. The van der Waals surface area contributed by atoms with Gasteiger partial charge in [0.2, 0.25) is 0 Å². The molecule has 3 fully saturated rings. The largest absolute Gasteiger partial charge is 0.497 e. The van der Waals surface area contributed by atoms with Crippen LogP contribution in [0, 0.1) is 0 Å². The Labute approximate surface area is 201 Å². The molecule has 2 amide bonds. The second kappa shape index (κ2) is 9.92. The van der Waals surface area contributed by atoms with E-state index < -0.39 is 0 Å². The van der Waals surface area contributed by atoms with Crippen molar-refractivity contribution in [3.05, 3.63) is 59.7 Å². The lowest BCUT2D eigenvalue weighted by atomic mass is 9.86. The predicted molar refractivity (Wildman–Crippen MR) is 132 cm³/mol. The number of methoxy groups -OCH3 is 1. The van der Waals surface area contributed by atoms with Crippen LogP contribution in [-0.4, -0.2) is 79.5 Å². The van der Waals surface area contributed by atoms with Crippen LogP contribution in [0.4, 0.5) is 10.5 Å². The Kier molecular flexibility index (Phi) is 6.74. The van der Waals surface area contributed by atoms with Crippen molar-refractivity contribution in [3.8, 4) is 5.75 Å². The normalized spacial score (nSPS) is 21.1. The zero-order chi connectivity index (χ0) is 23.5. The highest BCUT2D eigenvalue weighted by Crippen LogP contribution is 2.39. The molecule has 0 aliphatic carbocycles. The lowest BCUT2D eigenvalue weighted by Gasteiger charge is -2.43. The van der Waals surface area contributed by atoms with Crippen molar-refractivity contribution in [3.63, 3.8) is 0 Å². The van der Waals surface area contributed by atoms with Crippen LogP contribution in [0.25, 0.3) is 0 Å². The number of ether oxygens (including phenoxy) is 1. The Morgan fingerprint density at radius 2 is 1.82 bits per heavy atom. The summed E-state index contributed by atoms with van der Waals surface area (Å²) in [6, 6.07) is 16.6. The van der Waals surface area contributed by atoms with Gasteiger partial charge < -0.3 is 19.6 Å². The van der Waals surface area contributed by atoms with Gasteiger partial charge in [0.1, 0.15) is 5.75 Å². The number of aliphatic hydroxyl groups is 1. The minimum atomic E-state index is -0.218. The summed E-state index contributed by atoms with van der Waals surface area (Å²) in [5.74, 6) is 1.26. The second-order valence-corrected chi connectivity index (χ2v) is 9.65. The van der Waals surface area contributed by atoms with Crippen molar-refractivity contribution >= 4 is 11.7 Å². The summed E-state index contributed by atoms with van der Waals surface area (Å²) in [5.41, 5.74) is 9.47. The first-order chi connectivity index (χ1) is 16.6. The summed E-state index contributed by atoms with van der Waals surface area (Å²) in [4.78, 5) is 20.2. The topological polar surface area (TPSA) is 80.3 Å². The van der Waals surface area contributed by atoms with E-state index in [9.17, 15) is 9.90 Å². The fourth-order valence-electron chi connectivity index (χ4n) is 5.57. The van der Waals surface area contributed by atoms with Gasteiger partial charge in [0, 0.05) is 50.9 Å². The number of likely N-dealkylation sites (tertiary alicyclic amines) is 1. The number of carbonyl (C=O) groups is 1. The number of urea groups is 1. The summed E-state index contributed by atoms with van der Waals surface area (Å²) in [7, 11) is 1.67. The number of carbonyl (C=O) groups excluding carboxylic acids is 1. The molecule has 3 saturated heterocycles. The van der Waals surface area contributed by atoms with Gasteiger partial charge in [-0.3, -0.25) is 15.8 Å². The van der Waals surface area contributed by atoms with Gasteiger partial charge in [0.15, 0.2) is 0 Å². The number of benzene rings is 2. The molecule has 3 N–H and O–H groups in total. The molecule has 182 valence electrons. The van der Waals surface area contributed by atoms with E-state index in [0.29, 0.717) is 25.6 Å². The zero-order valence-electron chi connectivity index (χ0n) is 19.9. The number of hydrogen-bond donors (Lipinski definition) is 3. The molecular weight excluding hydrogens is 430 g/mol. The molecule has 0 radical (unpaired) electrons. The van der Waals surface area contributed by atoms with Crippen LogP contribution in [0.15, 0.2) is 48.5 Å². The van der Waals surface area contributed by atoms with Crippen LogP contribution in [0.3, 0.4) is 0 Å². The molecule has 8 nitrogen and oxygen atoms in total. The number of nitrogens with one attached hydrogen (secondary N) is 2. The maximum absolute atomic E-state index is 13.8. The highest BCUT2D eigenvalue weighted by atomic mass is 16.5. The van der Waals surface area contributed by atoms with E-state index in [4.69, 9.17) is 4.74 Å². The number of hydrazine groups is 1. The molecular formula is C26H35N5O3. The Balaban J connectivity index is 1.40. The maximum Gasteiger partial charge on any atom is 0.325 e. The van der Waals surface area contributed by atoms with Crippen LogP contribution in [-0.2, 0) is 6.54 Å². The molecule has 2 aromatic carbocycles. The van der Waals surface area contributed by atoms with E-state index in [1.165, 1.54) is 5.56 Å². The Bertz CT molecular complexity index is 984. The van der Waals surface area contributed by atoms with E-state index in [1.54, 1.807) is 7.11 Å². The summed E-state index contributed by atoms with van der Waals surface area (Å²) in [6.07, 6.45) is 1.80. The molecule has 2 aromatic rings. The molecule has 0 atom stereocenters. The molecule has 3 aliphatic heterocycles. The second-order valence-electron chi connectivity index (χ2n) is 9.65. The number of anilines is 1. The van der Waals surface area contributed by atoms with Crippen LogP contribution in [0.1, 0.15) is 29.9 Å². The molecule has 0 bridgehead atoms. The van der Waals surface area contributed by atoms with E-state index in [0.717, 1.165) is 56.0 Å². The van der Waals surface area contributed by atoms with Crippen molar-refractivity contribution in [2.24, 2.45) is 0 Å². The van der Waals surface area contributed by atoms with Crippen LogP contribution in [0.5, 0.6) is 5.75 Å². The first-order valence-electron chi connectivity index (χ1n) is 12.2. The van der Waals surface area contributed by atoms with Gasteiger partial charge in [-0.25, -0.2) is 4.79 Å². The molecule has 0 unspecified atom stereocenters. The predicted octanol–water partition coefficient (Wildman–Crippen LogP) is 2.16. The van der Waals surface area contributed by atoms with Crippen molar-refractivity contribution in [1.82, 2.24) is 20.7 Å². The maximum atomic E-state index is 13.8. The van der Waals surface area contributed by atoms with E-state index >= 15 is 0 Å². The summed E-state index contributed by atoms with van der Waals surface area (Å²) in [6.45, 7) is 5.72. The highest BCUT2D eigenvalue weighted by molar-refractivity contribution is 5.95. The molecule has 5 rings (SSSR count). The SMILES string of the molecule is COc1cccc(CN2C(=O)N(c3ccc(C4CNNC4)cc3)CC23CCN(CCO)CC3)c1. The summed E-state index contributed by atoms with van der Waals surface area (Å²) < 4.78 is 5.41. The molecule has 3 heterocycles. The van der Waals surface area contributed by atoms with E-state index in [1.807, 2.05) is 23.1 Å². The third kappa shape index (κ3) is 4.51. The number of piperidine rings is 1. The van der Waals surface area contributed by atoms with Crippen LogP contribution < -0.4 is 20.5 Å². The van der Waals surface area contributed by atoms with Crippen molar-refractivity contribution < 1.29 is 14.6 Å². The van der Waals surface area contributed by atoms with Gasteiger partial charge in [-0.05, 0) is 48.2 Å². The molecule has 3 aliphatic rings. The Morgan fingerprint density at radius 3 is 2.50 bits per heavy atom. The first kappa shape index (κ1) is 23.1. The number of amides is 2. The lowest BCUT2D eigenvalue weighted by molar-refractivity contribution is 0.0640. The minimum absolute atomic E-state index is 0.0652. The molecule has 0 aromatic heterocycles. The number of rotatable bonds is 7. The standard InChI is InChI=1S/C26H35N5O3/c1-34-24-4-2-3-20(15-24)18-31-25(33)30(19-26(31)9-11-29(12-10-26)13-14-32)23-7-5-21(6-8-23)22-16-27-28-17-22/h2-8,15,22,27-28,32H,9-14,16-19H2,1H3. The van der Waals surface area contributed by atoms with Crippen molar-refractivity contribution in [2.75, 3.05) is 57.9 Å². The van der Waals surface area contributed by atoms with Crippen molar-refractivity contribution in [2.45, 2.75) is 30.8 Å². The average Bonchev–Trinajstić information content (AvgIpc) is 3.50. The third-order valence-corrected chi connectivity index (χ3v) is 7.66. The van der Waals surface area contributed by atoms with Gasteiger partial charge in [-0.2, -0.15) is 0 Å². The van der Waals surface area contributed by atoms with Gasteiger partial charge in [-0.15, -0.1) is 0 Å². The average molecular weight is 466 g/mol. The Morgan fingerprint density at radius 1 is 1.09 bits per heavy atom. The van der Waals surface area contributed by atoms with E-state index in [-0.39, 0.29) is 18.2 Å². The molecule has 1 spiro atoms. The summed E-state index contributed by atoms with van der Waals surface area (Å²) >= 11 is 0.